The predicted octanol–water partition coefficient (Wildman–Crippen LogP) is 3.02. The van der Waals surface area contributed by atoms with Gasteiger partial charge in [0.1, 0.15) is 5.15 Å². The van der Waals surface area contributed by atoms with Gasteiger partial charge in [-0.1, -0.05) is 41.9 Å². The van der Waals surface area contributed by atoms with Crippen molar-refractivity contribution in [3.05, 3.63) is 64.4 Å². The van der Waals surface area contributed by atoms with Crippen LogP contribution in [0.5, 0.6) is 0 Å². The van der Waals surface area contributed by atoms with Crippen LogP contribution in [0.15, 0.2) is 42.5 Å². The SMILES string of the molecule is Cc1cc(C(=O)NCCc2ccccc2)cc(Cl)n1. The van der Waals surface area contributed by atoms with Gasteiger partial charge < -0.3 is 5.32 Å². The maximum atomic E-state index is 11.9. The van der Waals surface area contributed by atoms with Crippen molar-refractivity contribution in [2.75, 3.05) is 6.54 Å². The Balaban J connectivity index is 1.91. The van der Waals surface area contributed by atoms with E-state index in [9.17, 15) is 4.79 Å². The second-order valence-corrected chi connectivity index (χ2v) is 4.70. The molecule has 0 aliphatic heterocycles. The maximum Gasteiger partial charge on any atom is 0.251 e. The number of nitrogens with one attached hydrogen (secondary N) is 1. The van der Waals surface area contributed by atoms with Crippen LogP contribution in [0.25, 0.3) is 0 Å². The highest BCUT2D eigenvalue weighted by Gasteiger charge is 2.07. The molecular weight excluding hydrogens is 260 g/mol. The first-order valence-corrected chi connectivity index (χ1v) is 6.49. The molecule has 3 nitrogen and oxygen atoms in total. The Morgan fingerprint density at radius 3 is 2.68 bits per heavy atom. The van der Waals surface area contributed by atoms with Gasteiger partial charge in [0, 0.05) is 17.8 Å². The van der Waals surface area contributed by atoms with Gasteiger partial charge in [0.25, 0.3) is 5.91 Å². The molecule has 0 aliphatic rings. The molecule has 4 heteroatoms. The van der Waals surface area contributed by atoms with Crippen LogP contribution in [-0.4, -0.2) is 17.4 Å². The highest BCUT2D eigenvalue weighted by Crippen LogP contribution is 2.10. The topological polar surface area (TPSA) is 42.0 Å². The number of benzene rings is 1. The normalized spacial score (nSPS) is 10.2. The van der Waals surface area contributed by atoms with E-state index in [1.54, 1.807) is 12.1 Å². The summed E-state index contributed by atoms with van der Waals surface area (Å²) in [5, 5.41) is 3.22. The van der Waals surface area contributed by atoms with E-state index in [1.165, 1.54) is 5.56 Å². The molecule has 1 heterocycles. The fraction of sp³-hybridized carbons (Fsp3) is 0.200. The van der Waals surface area contributed by atoms with E-state index in [4.69, 9.17) is 11.6 Å². The third kappa shape index (κ3) is 4.07. The molecule has 0 saturated heterocycles. The minimum absolute atomic E-state index is 0.122. The molecule has 1 N–H and O–H groups in total. The lowest BCUT2D eigenvalue weighted by Gasteiger charge is -2.06. The largest absolute Gasteiger partial charge is 0.352 e. The van der Waals surface area contributed by atoms with E-state index >= 15 is 0 Å². The molecule has 1 aromatic heterocycles. The lowest BCUT2D eigenvalue weighted by Crippen LogP contribution is -2.25. The van der Waals surface area contributed by atoms with Crippen LogP contribution in [0, 0.1) is 6.92 Å². The Kier molecular flexibility index (Phi) is 4.53. The fourth-order valence-corrected chi connectivity index (χ4v) is 2.08. The van der Waals surface area contributed by atoms with Crippen LogP contribution in [0.2, 0.25) is 5.15 Å². The molecule has 0 bridgehead atoms. The standard InChI is InChI=1S/C15H15ClN2O/c1-11-9-13(10-14(16)18-11)15(19)17-8-7-12-5-3-2-4-6-12/h2-6,9-10H,7-8H2,1H3,(H,17,19). The van der Waals surface area contributed by atoms with Crippen LogP contribution in [0.1, 0.15) is 21.6 Å². The van der Waals surface area contributed by atoms with Crippen molar-refractivity contribution < 1.29 is 4.79 Å². The fourth-order valence-electron chi connectivity index (χ4n) is 1.83. The van der Waals surface area contributed by atoms with Gasteiger partial charge in [0.15, 0.2) is 0 Å². The number of pyridine rings is 1. The molecule has 0 spiro atoms. The molecule has 0 saturated carbocycles. The summed E-state index contributed by atoms with van der Waals surface area (Å²) in [6, 6.07) is 13.3. The Labute approximate surface area is 117 Å². The number of nitrogens with zero attached hydrogens (tertiary/aromatic N) is 1. The summed E-state index contributed by atoms with van der Waals surface area (Å²) in [5.74, 6) is -0.122. The van der Waals surface area contributed by atoms with E-state index in [1.807, 2.05) is 37.3 Å². The van der Waals surface area contributed by atoms with Crippen LogP contribution in [0.4, 0.5) is 0 Å². The third-order valence-corrected chi connectivity index (χ3v) is 2.92. The van der Waals surface area contributed by atoms with Crippen LogP contribution >= 0.6 is 11.6 Å². The molecule has 19 heavy (non-hydrogen) atoms. The first-order valence-electron chi connectivity index (χ1n) is 6.11. The van der Waals surface area contributed by atoms with Gasteiger partial charge in [-0.2, -0.15) is 0 Å². The zero-order chi connectivity index (χ0) is 13.7. The molecular formula is C15H15ClN2O. The number of aryl methyl sites for hydroxylation is 1. The second-order valence-electron chi connectivity index (χ2n) is 4.31. The molecule has 0 fully saturated rings. The maximum absolute atomic E-state index is 11.9. The molecule has 0 atom stereocenters. The Morgan fingerprint density at radius 1 is 1.26 bits per heavy atom. The highest BCUT2D eigenvalue weighted by molar-refractivity contribution is 6.29. The van der Waals surface area contributed by atoms with E-state index < -0.39 is 0 Å². The quantitative estimate of drug-likeness (QED) is 0.871. The lowest BCUT2D eigenvalue weighted by molar-refractivity contribution is 0.0954. The average Bonchev–Trinajstić information content (AvgIpc) is 2.38. The molecule has 98 valence electrons. The molecule has 0 unspecified atom stereocenters. The van der Waals surface area contributed by atoms with Crippen molar-refractivity contribution in [3.8, 4) is 0 Å². The van der Waals surface area contributed by atoms with Crippen molar-refractivity contribution in [2.45, 2.75) is 13.3 Å². The summed E-state index contributed by atoms with van der Waals surface area (Å²) in [6.45, 7) is 2.41. The number of hydrogen-bond donors (Lipinski definition) is 1. The summed E-state index contributed by atoms with van der Waals surface area (Å²) in [4.78, 5) is 16.0. The minimum Gasteiger partial charge on any atom is -0.352 e. The molecule has 2 aromatic rings. The number of halogens is 1. The van der Waals surface area contributed by atoms with Crippen LogP contribution in [-0.2, 0) is 6.42 Å². The summed E-state index contributed by atoms with van der Waals surface area (Å²) >= 11 is 5.83. The van der Waals surface area contributed by atoms with Crippen molar-refractivity contribution in [3.63, 3.8) is 0 Å². The predicted molar refractivity (Wildman–Crippen MR) is 76.5 cm³/mol. The van der Waals surface area contributed by atoms with Crippen molar-refractivity contribution in [1.29, 1.82) is 0 Å². The van der Waals surface area contributed by atoms with Crippen molar-refractivity contribution in [1.82, 2.24) is 10.3 Å². The molecule has 0 aliphatic carbocycles. The second kappa shape index (κ2) is 6.34. The van der Waals surface area contributed by atoms with E-state index in [2.05, 4.69) is 10.3 Å². The zero-order valence-electron chi connectivity index (χ0n) is 10.7. The first-order chi connectivity index (χ1) is 9.15. The van der Waals surface area contributed by atoms with Gasteiger partial charge in [-0.3, -0.25) is 4.79 Å². The molecule has 1 aromatic carbocycles. The first kappa shape index (κ1) is 13.6. The molecule has 1 amide bonds. The smallest absolute Gasteiger partial charge is 0.251 e. The van der Waals surface area contributed by atoms with Crippen molar-refractivity contribution in [2.24, 2.45) is 0 Å². The molecule has 0 radical (unpaired) electrons. The monoisotopic (exact) mass is 274 g/mol. The summed E-state index contributed by atoms with van der Waals surface area (Å²) in [6.07, 6.45) is 0.810. The molecule has 2 rings (SSSR count). The Morgan fingerprint density at radius 2 is 2.00 bits per heavy atom. The van der Waals surface area contributed by atoms with Gasteiger partial charge in [0.2, 0.25) is 0 Å². The van der Waals surface area contributed by atoms with Crippen LogP contribution < -0.4 is 5.32 Å². The number of hydrogen-bond acceptors (Lipinski definition) is 2. The number of amides is 1. The van der Waals surface area contributed by atoms with Gasteiger partial charge in [-0.05, 0) is 31.0 Å². The van der Waals surface area contributed by atoms with Crippen molar-refractivity contribution >= 4 is 17.5 Å². The van der Waals surface area contributed by atoms with E-state index in [0.29, 0.717) is 17.3 Å². The Hall–Kier alpha value is -1.87. The van der Waals surface area contributed by atoms with Gasteiger partial charge in [0.05, 0.1) is 0 Å². The van der Waals surface area contributed by atoms with Crippen LogP contribution in [0.3, 0.4) is 0 Å². The number of carbonyl (C=O) groups excluding carboxylic acids is 1. The van der Waals surface area contributed by atoms with Gasteiger partial charge in [-0.25, -0.2) is 4.98 Å². The number of aromatic nitrogens is 1. The summed E-state index contributed by atoms with van der Waals surface area (Å²) in [5.41, 5.74) is 2.48. The highest BCUT2D eigenvalue weighted by atomic mass is 35.5. The minimum atomic E-state index is -0.122. The van der Waals surface area contributed by atoms with Gasteiger partial charge in [-0.15, -0.1) is 0 Å². The Bertz CT molecular complexity index is 549. The third-order valence-electron chi connectivity index (χ3n) is 2.73. The van der Waals surface area contributed by atoms with E-state index in [-0.39, 0.29) is 5.91 Å². The number of rotatable bonds is 4. The number of carbonyl (C=O) groups is 1. The summed E-state index contributed by atoms with van der Waals surface area (Å²) < 4.78 is 0. The lowest BCUT2D eigenvalue weighted by atomic mass is 10.1. The van der Waals surface area contributed by atoms with E-state index in [0.717, 1.165) is 12.1 Å². The zero-order valence-corrected chi connectivity index (χ0v) is 11.4. The van der Waals surface area contributed by atoms with Gasteiger partial charge >= 0.3 is 0 Å². The average molecular weight is 275 g/mol. The summed E-state index contributed by atoms with van der Waals surface area (Å²) in [7, 11) is 0.